The van der Waals surface area contributed by atoms with Crippen molar-refractivity contribution < 1.29 is 4.74 Å². The average Bonchev–Trinajstić information content (AvgIpc) is 2.91. The molecule has 2 aliphatic rings. The zero-order valence-electron chi connectivity index (χ0n) is 11.7. The fourth-order valence-electron chi connectivity index (χ4n) is 3.28. The van der Waals surface area contributed by atoms with Crippen molar-refractivity contribution in [1.82, 2.24) is 10.2 Å². The lowest BCUT2D eigenvalue weighted by atomic mass is 9.89. The van der Waals surface area contributed by atoms with Gasteiger partial charge in [0, 0.05) is 37.8 Å². The Labute approximate surface area is 106 Å². The van der Waals surface area contributed by atoms with Gasteiger partial charge in [-0.05, 0) is 32.6 Å². The van der Waals surface area contributed by atoms with Crippen LogP contribution in [0.5, 0.6) is 0 Å². The molecular formula is C14H28N2O. The first kappa shape index (κ1) is 13.3. The summed E-state index contributed by atoms with van der Waals surface area (Å²) in [6.45, 7) is 11.4. The first-order valence-electron chi connectivity index (χ1n) is 7.31. The molecule has 100 valence electrons. The minimum atomic E-state index is 0.338. The van der Waals surface area contributed by atoms with Gasteiger partial charge in [0.1, 0.15) is 0 Å². The minimum absolute atomic E-state index is 0.338. The van der Waals surface area contributed by atoms with Gasteiger partial charge in [-0.3, -0.25) is 4.90 Å². The lowest BCUT2D eigenvalue weighted by Gasteiger charge is -2.46. The first-order valence-corrected chi connectivity index (χ1v) is 7.31. The highest BCUT2D eigenvalue weighted by Crippen LogP contribution is 2.25. The van der Waals surface area contributed by atoms with Crippen molar-refractivity contribution in [1.29, 1.82) is 0 Å². The minimum Gasteiger partial charge on any atom is -0.377 e. The Morgan fingerprint density at radius 2 is 2.18 bits per heavy atom. The summed E-state index contributed by atoms with van der Waals surface area (Å²) in [7, 11) is 0. The highest BCUT2D eigenvalue weighted by molar-refractivity contribution is 4.95. The van der Waals surface area contributed by atoms with E-state index >= 15 is 0 Å². The zero-order chi connectivity index (χ0) is 12.3. The Bertz CT molecular complexity index is 234. The summed E-state index contributed by atoms with van der Waals surface area (Å²) in [5.74, 6) is 0. The van der Waals surface area contributed by atoms with Crippen LogP contribution in [-0.4, -0.2) is 48.8 Å². The molecule has 1 N–H and O–H groups in total. The van der Waals surface area contributed by atoms with E-state index in [0.29, 0.717) is 17.7 Å². The van der Waals surface area contributed by atoms with Crippen LogP contribution in [0.4, 0.5) is 0 Å². The van der Waals surface area contributed by atoms with E-state index in [-0.39, 0.29) is 0 Å². The molecule has 0 bridgehead atoms. The van der Waals surface area contributed by atoms with Gasteiger partial charge in [-0.25, -0.2) is 0 Å². The molecule has 2 saturated heterocycles. The molecule has 0 spiro atoms. The number of hydrogen-bond donors (Lipinski definition) is 1. The number of hydrogen-bond acceptors (Lipinski definition) is 3. The fourth-order valence-corrected chi connectivity index (χ4v) is 3.28. The second kappa shape index (κ2) is 5.68. The van der Waals surface area contributed by atoms with Crippen molar-refractivity contribution in [3.8, 4) is 0 Å². The van der Waals surface area contributed by atoms with Gasteiger partial charge in [0.15, 0.2) is 0 Å². The normalized spacial score (nSPS) is 31.6. The lowest BCUT2D eigenvalue weighted by molar-refractivity contribution is 0.00404. The largest absolute Gasteiger partial charge is 0.377 e. The summed E-state index contributed by atoms with van der Waals surface area (Å²) in [6, 6.07) is 0.581. The Kier molecular flexibility index (Phi) is 4.45. The maximum absolute atomic E-state index is 5.84. The molecule has 2 atom stereocenters. The van der Waals surface area contributed by atoms with Gasteiger partial charge >= 0.3 is 0 Å². The van der Waals surface area contributed by atoms with Crippen LogP contribution in [0.1, 0.15) is 46.5 Å². The maximum Gasteiger partial charge on any atom is 0.0728 e. The van der Waals surface area contributed by atoms with Crippen LogP contribution in [0.2, 0.25) is 0 Å². The number of ether oxygens (including phenoxy) is 1. The van der Waals surface area contributed by atoms with Crippen molar-refractivity contribution in [2.75, 3.05) is 26.2 Å². The van der Waals surface area contributed by atoms with Gasteiger partial charge in [-0.2, -0.15) is 0 Å². The van der Waals surface area contributed by atoms with Crippen molar-refractivity contribution in [3.63, 3.8) is 0 Å². The van der Waals surface area contributed by atoms with Gasteiger partial charge in [0.2, 0.25) is 0 Å². The van der Waals surface area contributed by atoms with Gasteiger partial charge in [0.25, 0.3) is 0 Å². The summed E-state index contributed by atoms with van der Waals surface area (Å²) in [4.78, 5) is 2.64. The van der Waals surface area contributed by atoms with Crippen LogP contribution < -0.4 is 5.32 Å². The predicted octanol–water partition coefficient (Wildman–Crippen LogP) is 2.02. The molecule has 17 heavy (non-hydrogen) atoms. The highest BCUT2D eigenvalue weighted by atomic mass is 16.5. The van der Waals surface area contributed by atoms with E-state index in [4.69, 9.17) is 4.74 Å². The Morgan fingerprint density at radius 1 is 1.41 bits per heavy atom. The maximum atomic E-state index is 5.84. The molecule has 3 nitrogen and oxygen atoms in total. The predicted molar refractivity (Wildman–Crippen MR) is 71.3 cm³/mol. The molecule has 0 aromatic heterocycles. The highest BCUT2D eigenvalue weighted by Gasteiger charge is 2.36. The van der Waals surface area contributed by atoms with E-state index in [9.17, 15) is 0 Å². The summed E-state index contributed by atoms with van der Waals surface area (Å²) < 4.78 is 5.84. The number of nitrogens with zero attached hydrogens (tertiary/aromatic N) is 1. The summed E-state index contributed by atoms with van der Waals surface area (Å²) >= 11 is 0. The molecule has 0 aliphatic carbocycles. The Balaban J connectivity index is 1.96. The molecule has 3 heteroatoms. The van der Waals surface area contributed by atoms with E-state index in [1.165, 1.54) is 38.8 Å². The van der Waals surface area contributed by atoms with Gasteiger partial charge < -0.3 is 10.1 Å². The summed E-state index contributed by atoms with van der Waals surface area (Å²) in [5, 5.41) is 3.72. The molecule has 2 heterocycles. The smallest absolute Gasteiger partial charge is 0.0728 e. The van der Waals surface area contributed by atoms with Crippen molar-refractivity contribution in [2.45, 2.75) is 64.1 Å². The zero-order valence-corrected chi connectivity index (χ0v) is 11.7. The quantitative estimate of drug-likeness (QED) is 0.813. The Morgan fingerprint density at radius 3 is 2.76 bits per heavy atom. The number of piperazine rings is 1. The molecule has 2 fully saturated rings. The molecular weight excluding hydrogens is 212 g/mol. The van der Waals surface area contributed by atoms with Gasteiger partial charge in [-0.1, -0.05) is 13.8 Å². The van der Waals surface area contributed by atoms with Crippen LogP contribution >= 0.6 is 0 Å². The molecule has 0 saturated carbocycles. The SMILES string of the molecule is CCC1(CC)CN(C(C)C2CCCO2)CCN1. The van der Waals surface area contributed by atoms with Gasteiger partial charge in [0.05, 0.1) is 6.10 Å². The standard InChI is InChI=1S/C14H28N2O/c1-4-14(5-2)11-16(9-8-15-14)12(3)13-7-6-10-17-13/h12-13,15H,4-11H2,1-3H3. The van der Waals surface area contributed by atoms with Crippen LogP contribution in [0.3, 0.4) is 0 Å². The fraction of sp³-hybridized carbons (Fsp3) is 1.00. The Hall–Kier alpha value is -0.120. The second-order valence-electron chi connectivity index (χ2n) is 5.68. The van der Waals surface area contributed by atoms with Crippen LogP contribution in [0, 0.1) is 0 Å². The number of rotatable bonds is 4. The third kappa shape index (κ3) is 2.83. The molecule has 0 radical (unpaired) electrons. The molecule has 0 aromatic rings. The van der Waals surface area contributed by atoms with E-state index in [1.54, 1.807) is 0 Å². The monoisotopic (exact) mass is 240 g/mol. The topological polar surface area (TPSA) is 24.5 Å². The van der Waals surface area contributed by atoms with Crippen molar-refractivity contribution >= 4 is 0 Å². The van der Waals surface area contributed by atoms with Crippen molar-refractivity contribution in [2.24, 2.45) is 0 Å². The second-order valence-corrected chi connectivity index (χ2v) is 5.68. The van der Waals surface area contributed by atoms with Crippen molar-refractivity contribution in [3.05, 3.63) is 0 Å². The average molecular weight is 240 g/mol. The third-order valence-electron chi connectivity index (χ3n) is 4.84. The number of nitrogens with one attached hydrogen (secondary N) is 1. The third-order valence-corrected chi connectivity index (χ3v) is 4.84. The summed E-state index contributed by atoms with van der Waals surface area (Å²) in [5.41, 5.74) is 0.338. The molecule has 0 amide bonds. The lowest BCUT2D eigenvalue weighted by Crippen LogP contribution is -2.62. The van der Waals surface area contributed by atoms with E-state index in [0.717, 1.165) is 13.2 Å². The van der Waals surface area contributed by atoms with E-state index in [2.05, 4.69) is 31.0 Å². The van der Waals surface area contributed by atoms with Crippen LogP contribution in [0.15, 0.2) is 0 Å². The first-order chi connectivity index (χ1) is 8.21. The molecule has 2 aliphatic heterocycles. The van der Waals surface area contributed by atoms with Gasteiger partial charge in [-0.15, -0.1) is 0 Å². The van der Waals surface area contributed by atoms with E-state index < -0.39 is 0 Å². The summed E-state index contributed by atoms with van der Waals surface area (Å²) in [6.07, 6.45) is 5.40. The molecule has 0 aromatic carbocycles. The molecule has 2 unspecified atom stereocenters. The van der Waals surface area contributed by atoms with Crippen LogP contribution in [-0.2, 0) is 4.74 Å². The van der Waals surface area contributed by atoms with E-state index in [1.807, 2.05) is 0 Å². The molecule has 2 rings (SSSR count). The van der Waals surface area contributed by atoms with Crippen LogP contribution in [0.25, 0.3) is 0 Å².